The summed E-state index contributed by atoms with van der Waals surface area (Å²) in [6.45, 7) is 1.82. The van der Waals surface area contributed by atoms with Crippen LogP contribution in [0.15, 0.2) is 4.52 Å². The molecule has 26 heavy (non-hydrogen) atoms. The van der Waals surface area contributed by atoms with Crippen LogP contribution in [-0.2, 0) is 0 Å². The van der Waals surface area contributed by atoms with Crippen LogP contribution in [-0.4, -0.2) is 15.1 Å². The molecule has 0 bridgehead atoms. The summed E-state index contributed by atoms with van der Waals surface area (Å²) in [4.78, 5) is 9.19. The van der Waals surface area contributed by atoms with Crippen LogP contribution in [0, 0.1) is 6.92 Å². The van der Waals surface area contributed by atoms with Gasteiger partial charge in [0.15, 0.2) is 5.82 Å². The number of anilines is 2. The Morgan fingerprint density at radius 2 is 1.46 bits per heavy atom. The zero-order valence-electron chi connectivity index (χ0n) is 15.6. The predicted molar refractivity (Wildman–Crippen MR) is 103 cm³/mol. The molecule has 2 fully saturated rings. The van der Waals surface area contributed by atoms with Crippen molar-refractivity contribution < 1.29 is 4.52 Å². The Morgan fingerprint density at radius 3 is 2.04 bits per heavy atom. The van der Waals surface area contributed by atoms with E-state index in [4.69, 9.17) is 21.0 Å². The first-order valence-electron chi connectivity index (χ1n) is 10.0. The van der Waals surface area contributed by atoms with Crippen LogP contribution in [0.2, 0.25) is 0 Å². The fourth-order valence-corrected chi connectivity index (χ4v) is 4.78. The number of nitrogens with zero attached hydrogens (tertiary/aromatic N) is 3. The van der Waals surface area contributed by atoms with E-state index in [-0.39, 0.29) is 0 Å². The topological polar surface area (TPSA) is 104 Å². The number of nitrogen functional groups attached to an aromatic ring is 2. The van der Waals surface area contributed by atoms with Crippen LogP contribution < -0.4 is 11.5 Å². The zero-order valence-corrected chi connectivity index (χ0v) is 15.6. The largest absolute Gasteiger partial charge is 0.397 e. The van der Waals surface area contributed by atoms with Gasteiger partial charge in [0.2, 0.25) is 0 Å². The molecule has 4 N–H and O–H groups in total. The molecular formula is C20H29N5O. The average Bonchev–Trinajstić information content (AvgIpc) is 3.10. The molecule has 0 spiro atoms. The van der Waals surface area contributed by atoms with Gasteiger partial charge in [-0.1, -0.05) is 43.7 Å². The third-order valence-corrected chi connectivity index (χ3v) is 6.08. The summed E-state index contributed by atoms with van der Waals surface area (Å²) in [7, 11) is 0. The van der Waals surface area contributed by atoms with E-state index < -0.39 is 0 Å². The molecule has 0 unspecified atom stereocenters. The Balaban J connectivity index is 1.86. The Hall–Kier alpha value is -2.11. The van der Waals surface area contributed by atoms with Crippen molar-refractivity contribution >= 4 is 11.5 Å². The second-order valence-corrected chi connectivity index (χ2v) is 7.90. The Kier molecular flexibility index (Phi) is 4.83. The Labute approximate surface area is 154 Å². The third kappa shape index (κ3) is 3.17. The number of aryl methyl sites for hydroxylation is 1. The molecule has 0 aromatic carbocycles. The van der Waals surface area contributed by atoms with E-state index in [2.05, 4.69) is 10.1 Å². The van der Waals surface area contributed by atoms with Crippen molar-refractivity contribution in [2.24, 2.45) is 0 Å². The lowest BCUT2D eigenvalue weighted by Gasteiger charge is -2.29. The Bertz CT molecular complexity index is 773. The third-order valence-electron chi connectivity index (χ3n) is 6.08. The monoisotopic (exact) mass is 355 g/mol. The van der Waals surface area contributed by atoms with E-state index in [1.165, 1.54) is 38.5 Å². The average molecular weight is 355 g/mol. The molecule has 6 heteroatoms. The lowest BCUT2D eigenvalue weighted by Crippen LogP contribution is -2.17. The SMILES string of the molecule is Cc1noc(-c2c(N)nc(C3CCCCC3)c(N)c2C2CCCCC2)n1. The second kappa shape index (κ2) is 7.25. The number of hydrogen-bond acceptors (Lipinski definition) is 6. The van der Waals surface area contributed by atoms with Gasteiger partial charge >= 0.3 is 0 Å². The van der Waals surface area contributed by atoms with Gasteiger partial charge in [0.25, 0.3) is 5.89 Å². The summed E-state index contributed by atoms with van der Waals surface area (Å²) in [5, 5.41) is 3.95. The molecule has 2 aliphatic carbocycles. The maximum atomic E-state index is 6.75. The van der Waals surface area contributed by atoms with Crippen LogP contribution in [0.25, 0.3) is 11.5 Å². The van der Waals surface area contributed by atoms with Gasteiger partial charge in [-0.05, 0) is 44.1 Å². The highest BCUT2D eigenvalue weighted by atomic mass is 16.5. The fourth-order valence-electron chi connectivity index (χ4n) is 4.78. The maximum Gasteiger partial charge on any atom is 0.262 e. The standard InChI is InChI=1S/C20H29N5O/c1-12-23-20(26-25-12)16-15(13-8-4-2-5-9-13)17(21)18(24-19(16)22)14-10-6-3-7-11-14/h13-14H,2-11,21H2,1H3,(H2,22,24). The highest BCUT2D eigenvalue weighted by Gasteiger charge is 2.31. The maximum absolute atomic E-state index is 6.75. The summed E-state index contributed by atoms with van der Waals surface area (Å²) in [6, 6.07) is 0. The van der Waals surface area contributed by atoms with E-state index in [1.54, 1.807) is 0 Å². The zero-order chi connectivity index (χ0) is 18.1. The summed E-state index contributed by atoms with van der Waals surface area (Å²) in [5.41, 5.74) is 16.9. The summed E-state index contributed by atoms with van der Waals surface area (Å²) in [6.07, 6.45) is 12.1. The molecule has 0 aliphatic heterocycles. The molecule has 2 aromatic rings. The minimum Gasteiger partial charge on any atom is -0.397 e. The van der Waals surface area contributed by atoms with Crippen LogP contribution >= 0.6 is 0 Å². The van der Waals surface area contributed by atoms with Gasteiger partial charge in [-0.25, -0.2) is 4.98 Å². The minimum atomic E-state index is 0.401. The highest BCUT2D eigenvalue weighted by Crippen LogP contribution is 2.46. The van der Waals surface area contributed by atoms with E-state index >= 15 is 0 Å². The van der Waals surface area contributed by atoms with Crippen molar-refractivity contribution in [3.63, 3.8) is 0 Å². The number of nitrogens with two attached hydrogens (primary N) is 2. The van der Waals surface area contributed by atoms with E-state index in [1.807, 2.05) is 6.92 Å². The van der Waals surface area contributed by atoms with E-state index in [9.17, 15) is 0 Å². The minimum absolute atomic E-state index is 0.401. The number of pyridine rings is 1. The first-order valence-corrected chi connectivity index (χ1v) is 10.0. The first-order chi connectivity index (χ1) is 12.6. The van der Waals surface area contributed by atoms with Crippen LogP contribution in [0.1, 0.15) is 93.1 Å². The number of rotatable bonds is 3. The molecular weight excluding hydrogens is 326 g/mol. The van der Waals surface area contributed by atoms with Crippen molar-refractivity contribution in [3.05, 3.63) is 17.1 Å². The van der Waals surface area contributed by atoms with Crippen LogP contribution in [0.3, 0.4) is 0 Å². The number of hydrogen-bond donors (Lipinski definition) is 2. The summed E-state index contributed by atoms with van der Waals surface area (Å²) >= 11 is 0. The van der Waals surface area contributed by atoms with Gasteiger partial charge in [-0.2, -0.15) is 4.98 Å². The smallest absolute Gasteiger partial charge is 0.262 e. The fraction of sp³-hybridized carbons (Fsp3) is 0.650. The highest BCUT2D eigenvalue weighted by molar-refractivity contribution is 5.79. The van der Waals surface area contributed by atoms with Crippen molar-refractivity contribution in [2.75, 3.05) is 11.5 Å². The molecule has 0 atom stereocenters. The number of aromatic nitrogens is 3. The van der Waals surface area contributed by atoms with Gasteiger partial charge in [0.05, 0.1) is 16.9 Å². The molecule has 2 aromatic heterocycles. The van der Waals surface area contributed by atoms with Crippen molar-refractivity contribution in [1.82, 2.24) is 15.1 Å². The second-order valence-electron chi connectivity index (χ2n) is 7.90. The predicted octanol–water partition coefficient (Wildman–Crippen LogP) is 4.70. The first kappa shape index (κ1) is 17.3. The van der Waals surface area contributed by atoms with E-state index in [0.717, 1.165) is 48.2 Å². The van der Waals surface area contributed by atoms with Crippen LogP contribution in [0.4, 0.5) is 11.5 Å². The molecule has 0 radical (unpaired) electrons. The lowest BCUT2D eigenvalue weighted by atomic mass is 9.79. The molecule has 2 heterocycles. The molecule has 6 nitrogen and oxygen atoms in total. The molecule has 2 aliphatic rings. The van der Waals surface area contributed by atoms with Gasteiger partial charge in [0, 0.05) is 5.92 Å². The van der Waals surface area contributed by atoms with Crippen molar-refractivity contribution in [2.45, 2.75) is 83.0 Å². The normalized spacial score (nSPS) is 19.7. The summed E-state index contributed by atoms with van der Waals surface area (Å²) in [5.74, 6) is 2.37. The van der Waals surface area contributed by atoms with E-state index in [0.29, 0.717) is 29.4 Å². The van der Waals surface area contributed by atoms with Crippen molar-refractivity contribution in [3.8, 4) is 11.5 Å². The molecule has 2 saturated carbocycles. The molecule has 0 saturated heterocycles. The van der Waals surface area contributed by atoms with Crippen molar-refractivity contribution in [1.29, 1.82) is 0 Å². The Morgan fingerprint density at radius 1 is 0.846 bits per heavy atom. The van der Waals surface area contributed by atoms with Gasteiger partial charge in [-0.3, -0.25) is 0 Å². The molecule has 4 rings (SSSR count). The van der Waals surface area contributed by atoms with Gasteiger partial charge in [-0.15, -0.1) is 0 Å². The van der Waals surface area contributed by atoms with Gasteiger partial charge in [0.1, 0.15) is 5.82 Å². The molecule has 0 amide bonds. The van der Waals surface area contributed by atoms with Crippen LogP contribution in [0.5, 0.6) is 0 Å². The summed E-state index contributed by atoms with van der Waals surface area (Å²) < 4.78 is 5.47. The van der Waals surface area contributed by atoms with Gasteiger partial charge < -0.3 is 16.0 Å². The lowest BCUT2D eigenvalue weighted by molar-refractivity contribution is 0.419. The quantitative estimate of drug-likeness (QED) is 0.827. The molecule has 140 valence electrons.